The van der Waals surface area contributed by atoms with Crippen LogP contribution in [0.5, 0.6) is 0 Å². The highest BCUT2D eigenvalue weighted by atomic mass is 19.3. The lowest BCUT2D eigenvalue weighted by molar-refractivity contribution is -0.0371. The van der Waals surface area contributed by atoms with Gasteiger partial charge in [-0.2, -0.15) is 5.10 Å². The molecule has 3 rings (SSSR count). The molecule has 18 heavy (non-hydrogen) atoms. The van der Waals surface area contributed by atoms with E-state index < -0.39 is 18.1 Å². The van der Waals surface area contributed by atoms with Gasteiger partial charge in [0.1, 0.15) is 6.04 Å². The quantitative estimate of drug-likeness (QED) is 0.831. The molecule has 2 unspecified atom stereocenters. The van der Waals surface area contributed by atoms with Gasteiger partial charge in [0, 0.05) is 13.3 Å². The Morgan fingerprint density at radius 3 is 2.67 bits per heavy atom. The summed E-state index contributed by atoms with van der Waals surface area (Å²) >= 11 is 0. The Hall–Kier alpha value is -1.33. The summed E-state index contributed by atoms with van der Waals surface area (Å²) < 4.78 is 41.5. The van der Waals surface area contributed by atoms with Crippen molar-refractivity contribution >= 4 is 5.57 Å². The third-order valence-corrected chi connectivity index (χ3v) is 3.61. The molecule has 1 saturated carbocycles. The van der Waals surface area contributed by atoms with Crippen molar-refractivity contribution in [2.45, 2.75) is 44.3 Å². The first kappa shape index (κ1) is 11.7. The van der Waals surface area contributed by atoms with Gasteiger partial charge in [0.2, 0.25) is 0 Å². The van der Waals surface area contributed by atoms with Gasteiger partial charge in [-0.05, 0) is 24.3 Å². The van der Waals surface area contributed by atoms with Crippen molar-refractivity contribution in [3.8, 4) is 0 Å². The van der Waals surface area contributed by atoms with Crippen LogP contribution in [0.2, 0.25) is 0 Å². The van der Waals surface area contributed by atoms with E-state index in [-0.39, 0.29) is 12.2 Å². The van der Waals surface area contributed by atoms with E-state index in [0.29, 0.717) is 11.7 Å². The minimum Gasteiger partial charge on any atom is -0.239 e. The second-order valence-electron chi connectivity index (χ2n) is 5.21. The van der Waals surface area contributed by atoms with Crippen LogP contribution in [0.25, 0.3) is 5.57 Å². The highest BCUT2D eigenvalue weighted by molar-refractivity contribution is 5.61. The number of hydrogen-bond donors (Lipinski definition) is 0. The van der Waals surface area contributed by atoms with Crippen molar-refractivity contribution < 1.29 is 13.2 Å². The molecule has 0 spiro atoms. The number of halogens is 3. The van der Waals surface area contributed by atoms with E-state index >= 15 is 0 Å². The zero-order valence-corrected chi connectivity index (χ0v) is 10.0. The standard InChI is InChI=1S/C12H14F3N3/c1-6(7-3-4-7)10-16-11-8(13)5-9(12(2,14)15)18(11)17-10/h7-9H,1,3-5H2,2H3. The Labute approximate surface area is 103 Å². The molecular formula is C12H14F3N3. The number of nitrogens with zero attached hydrogens (tertiary/aromatic N) is 3. The summed E-state index contributed by atoms with van der Waals surface area (Å²) in [4.78, 5) is 4.04. The average Bonchev–Trinajstić information content (AvgIpc) is 2.94. The van der Waals surface area contributed by atoms with Crippen molar-refractivity contribution in [3.05, 3.63) is 18.2 Å². The van der Waals surface area contributed by atoms with Gasteiger partial charge >= 0.3 is 0 Å². The number of alkyl halides is 3. The topological polar surface area (TPSA) is 30.7 Å². The van der Waals surface area contributed by atoms with Crippen LogP contribution >= 0.6 is 0 Å². The first-order chi connectivity index (χ1) is 8.38. The van der Waals surface area contributed by atoms with Gasteiger partial charge in [0.25, 0.3) is 5.92 Å². The van der Waals surface area contributed by atoms with Gasteiger partial charge in [0.15, 0.2) is 17.8 Å². The van der Waals surface area contributed by atoms with Gasteiger partial charge in [-0.15, -0.1) is 0 Å². The second kappa shape index (κ2) is 3.59. The van der Waals surface area contributed by atoms with Gasteiger partial charge in [0.05, 0.1) is 0 Å². The predicted octanol–water partition coefficient (Wildman–Crippen LogP) is 3.31. The molecular weight excluding hydrogens is 243 g/mol. The molecule has 1 aliphatic heterocycles. The molecule has 0 amide bonds. The van der Waals surface area contributed by atoms with Crippen LogP contribution in [0, 0.1) is 5.92 Å². The van der Waals surface area contributed by atoms with Crippen LogP contribution in [-0.4, -0.2) is 20.7 Å². The smallest absolute Gasteiger partial charge is 0.239 e. The summed E-state index contributed by atoms with van der Waals surface area (Å²) in [6, 6.07) is -1.24. The van der Waals surface area contributed by atoms with Crippen LogP contribution < -0.4 is 0 Å². The molecule has 0 N–H and O–H groups in total. The van der Waals surface area contributed by atoms with Crippen LogP contribution in [0.4, 0.5) is 13.2 Å². The third-order valence-electron chi connectivity index (χ3n) is 3.61. The van der Waals surface area contributed by atoms with Crippen molar-refractivity contribution in [2.75, 3.05) is 0 Å². The zero-order valence-electron chi connectivity index (χ0n) is 10.0. The lowest BCUT2D eigenvalue weighted by Crippen LogP contribution is -2.26. The first-order valence-corrected chi connectivity index (χ1v) is 6.05. The molecule has 0 bridgehead atoms. The van der Waals surface area contributed by atoms with E-state index in [4.69, 9.17) is 0 Å². The normalized spacial score (nSPS) is 27.3. The van der Waals surface area contributed by atoms with Gasteiger partial charge in [-0.1, -0.05) is 6.58 Å². The highest BCUT2D eigenvalue weighted by Crippen LogP contribution is 2.45. The number of aromatic nitrogens is 3. The van der Waals surface area contributed by atoms with Crippen molar-refractivity contribution in [3.63, 3.8) is 0 Å². The molecule has 2 atom stereocenters. The molecule has 0 radical (unpaired) electrons. The Bertz CT molecular complexity index is 499. The summed E-state index contributed by atoms with van der Waals surface area (Å²) in [5.41, 5.74) is 0.738. The number of allylic oxidation sites excluding steroid dienone is 1. The molecule has 2 heterocycles. The maximum absolute atomic E-state index is 13.7. The van der Waals surface area contributed by atoms with Crippen LogP contribution in [-0.2, 0) is 0 Å². The monoisotopic (exact) mass is 257 g/mol. The second-order valence-corrected chi connectivity index (χ2v) is 5.21. The fourth-order valence-electron chi connectivity index (χ4n) is 2.35. The summed E-state index contributed by atoms with van der Waals surface area (Å²) in [6.45, 7) is 4.65. The Morgan fingerprint density at radius 1 is 1.44 bits per heavy atom. The van der Waals surface area contributed by atoms with Crippen molar-refractivity contribution in [1.82, 2.24) is 14.8 Å². The molecule has 6 heteroatoms. The average molecular weight is 257 g/mol. The summed E-state index contributed by atoms with van der Waals surface area (Å²) in [5, 5.41) is 4.04. The highest BCUT2D eigenvalue weighted by Gasteiger charge is 2.46. The van der Waals surface area contributed by atoms with Crippen molar-refractivity contribution in [1.29, 1.82) is 0 Å². The van der Waals surface area contributed by atoms with E-state index in [2.05, 4.69) is 16.7 Å². The Balaban J connectivity index is 1.96. The maximum Gasteiger partial charge on any atom is 0.267 e. The fourth-order valence-corrected chi connectivity index (χ4v) is 2.35. The van der Waals surface area contributed by atoms with E-state index in [1.54, 1.807) is 0 Å². The number of hydrogen-bond acceptors (Lipinski definition) is 2. The Morgan fingerprint density at radius 2 is 2.11 bits per heavy atom. The minimum absolute atomic E-state index is 0.0123. The molecule has 3 nitrogen and oxygen atoms in total. The van der Waals surface area contributed by atoms with Crippen LogP contribution in [0.1, 0.15) is 50.0 Å². The van der Waals surface area contributed by atoms with Gasteiger partial charge in [-0.3, -0.25) is 0 Å². The lowest BCUT2D eigenvalue weighted by Gasteiger charge is -2.18. The van der Waals surface area contributed by atoms with E-state index in [1.807, 2.05) is 0 Å². The molecule has 1 fully saturated rings. The maximum atomic E-state index is 13.7. The number of fused-ring (bicyclic) bond motifs is 1. The van der Waals surface area contributed by atoms with E-state index in [9.17, 15) is 13.2 Å². The summed E-state index contributed by atoms with van der Waals surface area (Å²) in [6.07, 6.45) is 0.327. The Kier molecular flexibility index (Phi) is 2.34. The third kappa shape index (κ3) is 1.74. The van der Waals surface area contributed by atoms with E-state index in [0.717, 1.165) is 30.0 Å². The molecule has 1 aliphatic carbocycles. The van der Waals surface area contributed by atoms with Crippen LogP contribution in [0.3, 0.4) is 0 Å². The van der Waals surface area contributed by atoms with Gasteiger partial charge < -0.3 is 0 Å². The number of rotatable bonds is 3. The SMILES string of the molecule is C=C(c1nc2n(n1)C(C(C)(F)F)CC2F)C1CC1. The predicted molar refractivity (Wildman–Crippen MR) is 59.9 cm³/mol. The molecule has 98 valence electrons. The first-order valence-electron chi connectivity index (χ1n) is 6.05. The molecule has 1 aromatic heterocycles. The summed E-state index contributed by atoms with van der Waals surface area (Å²) in [7, 11) is 0. The van der Waals surface area contributed by atoms with Crippen LogP contribution in [0.15, 0.2) is 6.58 Å². The molecule has 2 aliphatic rings. The van der Waals surface area contributed by atoms with E-state index in [1.165, 1.54) is 0 Å². The van der Waals surface area contributed by atoms with Crippen molar-refractivity contribution in [2.24, 2.45) is 5.92 Å². The molecule has 0 saturated heterocycles. The molecule has 0 aromatic carbocycles. The molecule has 1 aromatic rings. The van der Waals surface area contributed by atoms with Gasteiger partial charge in [-0.25, -0.2) is 22.8 Å². The zero-order chi connectivity index (χ0) is 13.1. The summed E-state index contributed by atoms with van der Waals surface area (Å²) in [5.74, 6) is -2.32. The minimum atomic E-state index is -3.00. The lowest BCUT2D eigenvalue weighted by atomic mass is 10.1. The fraction of sp³-hybridized carbons (Fsp3) is 0.667. The largest absolute Gasteiger partial charge is 0.267 e.